The summed E-state index contributed by atoms with van der Waals surface area (Å²) in [5.41, 5.74) is 6.24. The van der Waals surface area contributed by atoms with Gasteiger partial charge < -0.3 is 15.1 Å². The van der Waals surface area contributed by atoms with E-state index in [9.17, 15) is 14.0 Å². The number of H-pyrrole nitrogens is 1. The van der Waals surface area contributed by atoms with E-state index in [0.29, 0.717) is 23.7 Å². The highest BCUT2D eigenvalue weighted by Gasteiger charge is 2.17. The fourth-order valence-corrected chi connectivity index (χ4v) is 2.69. The smallest absolute Gasteiger partial charge is 0.330 e. The van der Waals surface area contributed by atoms with Crippen molar-refractivity contribution in [1.29, 1.82) is 0 Å². The Labute approximate surface area is 147 Å². The van der Waals surface area contributed by atoms with E-state index in [0.717, 1.165) is 0 Å². The number of aromatic nitrogens is 3. The van der Waals surface area contributed by atoms with Crippen LogP contribution in [-0.2, 0) is 13.1 Å². The van der Waals surface area contributed by atoms with Gasteiger partial charge in [0.2, 0.25) is 5.89 Å². The van der Waals surface area contributed by atoms with E-state index in [4.69, 9.17) is 10.2 Å². The third-order valence-corrected chi connectivity index (χ3v) is 3.95. The Kier molecular flexibility index (Phi) is 4.61. The number of nitrogens with zero attached hydrogens (tertiary/aromatic N) is 3. The van der Waals surface area contributed by atoms with E-state index in [1.54, 1.807) is 31.0 Å². The van der Waals surface area contributed by atoms with Crippen molar-refractivity contribution in [2.45, 2.75) is 20.0 Å². The molecule has 0 radical (unpaired) electrons. The number of nitrogens with one attached hydrogen (secondary N) is 1. The molecule has 3 rings (SSSR count). The van der Waals surface area contributed by atoms with Crippen LogP contribution in [-0.4, -0.2) is 21.6 Å². The van der Waals surface area contributed by atoms with Gasteiger partial charge in [-0.1, -0.05) is 0 Å². The number of hydrogen-bond acceptors (Lipinski definition) is 6. The molecule has 3 aromatic rings. The Balaban J connectivity index is 1.88. The van der Waals surface area contributed by atoms with Crippen LogP contribution < -0.4 is 21.9 Å². The second-order valence-corrected chi connectivity index (χ2v) is 5.74. The maximum atomic E-state index is 13.0. The van der Waals surface area contributed by atoms with Crippen LogP contribution in [0.5, 0.6) is 0 Å². The molecular formula is C17H18FN5O3. The summed E-state index contributed by atoms with van der Waals surface area (Å²) in [6, 6.07) is 5.77. The average molecular weight is 359 g/mol. The normalized spacial score (nSPS) is 10.9. The van der Waals surface area contributed by atoms with Gasteiger partial charge in [-0.25, -0.2) is 14.2 Å². The van der Waals surface area contributed by atoms with E-state index in [-0.39, 0.29) is 23.9 Å². The van der Waals surface area contributed by atoms with Gasteiger partial charge in [0.25, 0.3) is 5.56 Å². The fraction of sp³-hybridized carbons (Fsp3) is 0.235. The molecule has 3 N–H and O–H groups in total. The minimum absolute atomic E-state index is 0.0889. The molecule has 9 heteroatoms. The third-order valence-electron chi connectivity index (χ3n) is 3.95. The van der Waals surface area contributed by atoms with Gasteiger partial charge >= 0.3 is 5.69 Å². The zero-order valence-corrected chi connectivity index (χ0v) is 14.3. The summed E-state index contributed by atoms with van der Waals surface area (Å²) >= 11 is 0. The van der Waals surface area contributed by atoms with Crippen molar-refractivity contribution in [2.75, 3.05) is 17.7 Å². The number of nitrogen functional groups attached to an aromatic ring is 1. The number of nitrogens with two attached hydrogens (primary N) is 1. The number of anilines is 2. The lowest BCUT2D eigenvalue weighted by Crippen LogP contribution is -2.36. The highest BCUT2D eigenvalue weighted by Crippen LogP contribution is 2.21. The van der Waals surface area contributed by atoms with Gasteiger partial charge in [0, 0.05) is 19.2 Å². The van der Waals surface area contributed by atoms with Crippen LogP contribution >= 0.6 is 0 Å². The molecule has 136 valence electrons. The first-order chi connectivity index (χ1) is 12.4. The molecule has 8 nitrogen and oxygen atoms in total. The largest absolute Gasteiger partial charge is 0.444 e. The predicted octanol–water partition coefficient (Wildman–Crippen LogP) is 1.57. The molecule has 0 atom stereocenters. The first-order valence-corrected chi connectivity index (χ1v) is 7.94. The summed E-state index contributed by atoms with van der Waals surface area (Å²) in [7, 11) is 1.66. The molecule has 0 aliphatic carbocycles. The molecule has 0 saturated heterocycles. The van der Waals surface area contributed by atoms with E-state index < -0.39 is 11.2 Å². The number of hydrogen-bond donors (Lipinski definition) is 2. The molecule has 0 amide bonds. The van der Waals surface area contributed by atoms with Gasteiger partial charge in [0.15, 0.2) is 0 Å². The summed E-state index contributed by atoms with van der Waals surface area (Å²) in [6.45, 7) is 2.33. The summed E-state index contributed by atoms with van der Waals surface area (Å²) in [5.74, 6) is 0.0841. The Morgan fingerprint density at radius 2 is 2.00 bits per heavy atom. The summed E-state index contributed by atoms with van der Waals surface area (Å²) in [4.78, 5) is 32.1. The van der Waals surface area contributed by atoms with Crippen LogP contribution in [0.2, 0.25) is 0 Å². The van der Waals surface area contributed by atoms with Crippen molar-refractivity contribution < 1.29 is 8.81 Å². The van der Waals surface area contributed by atoms with Gasteiger partial charge in [0.1, 0.15) is 23.6 Å². The highest BCUT2D eigenvalue weighted by atomic mass is 19.1. The molecule has 0 unspecified atom stereocenters. The molecule has 0 saturated carbocycles. The Hall–Kier alpha value is -3.36. The lowest BCUT2D eigenvalue weighted by molar-refractivity contribution is 0.571. The summed E-state index contributed by atoms with van der Waals surface area (Å²) < 4.78 is 19.7. The van der Waals surface area contributed by atoms with Gasteiger partial charge in [-0.15, -0.1) is 0 Å². The number of halogens is 1. The second-order valence-electron chi connectivity index (χ2n) is 5.74. The van der Waals surface area contributed by atoms with Crippen LogP contribution in [0.1, 0.15) is 12.6 Å². The van der Waals surface area contributed by atoms with Gasteiger partial charge in [0.05, 0.1) is 12.2 Å². The SMILES string of the molecule is CCn1c(N)c(N(C)Cc2coc(-c3ccc(F)cc3)n2)c(=O)[nH]c1=O. The minimum atomic E-state index is -0.568. The van der Waals surface area contributed by atoms with Crippen LogP contribution in [0.4, 0.5) is 15.9 Å². The molecule has 1 aromatic carbocycles. The van der Waals surface area contributed by atoms with E-state index >= 15 is 0 Å². The maximum absolute atomic E-state index is 13.0. The van der Waals surface area contributed by atoms with E-state index in [2.05, 4.69) is 9.97 Å². The first-order valence-electron chi connectivity index (χ1n) is 7.94. The van der Waals surface area contributed by atoms with Crippen molar-refractivity contribution in [2.24, 2.45) is 0 Å². The molecule has 2 aromatic heterocycles. The van der Waals surface area contributed by atoms with Crippen molar-refractivity contribution in [3.05, 3.63) is 62.9 Å². The van der Waals surface area contributed by atoms with Crippen LogP contribution in [0.3, 0.4) is 0 Å². The zero-order chi connectivity index (χ0) is 18.8. The van der Waals surface area contributed by atoms with E-state index in [1.165, 1.54) is 23.0 Å². The Morgan fingerprint density at radius 1 is 1.31 bits per heavy atom. The fourth-order valence-electron chi connectivity index (χ4n) is 2.69. The molecule has 0 fully saturated rings. The Bertz CT molecular complexity index is 1040. The molecule has 0 aliphatic heterocycles. The van der Waals surface area contributed by atoms with E-state index in [1.807, 2.05) is 0 Å². The monoisotopic (exact) mass is 359 g/mol. The van der Waals surface area contributed by atoms with Gasteiger partial charge in [-0.05, 0) is 31.2 Å². The van der Waals surface area contributed by atoms with Crippen LogP contribution in [0, 0.1) is 5.82 Å². The second kappa shape index (κ2) is 6.87. The lowest BCUT2D eigenvalue weighted by atomic mass is 10.2. The predicted molar refractivity (Wildman–Crippen MR) is 95.4 cm³/mol. The van der Waals surface area contributed by atoms with Gasteiger partial charge in [-0.2, -0.15) is 0 Å². The van der Waals surface area contributed by atoms with Crippen molar-refractivity contribution in [1.82, 2.24) is 14.5 Å². The summed E-state index contributed by atoms with van der Waals surface area (Å²) in [5, 5.41) is 0. The number of benzene rings is 1. The van der Waals surface area contributed by atoms with Gasteiger partial charge in [-0.3, -0.25) is 14.3 Å². The minimum Gasteiger partial charge on any atom is -0.444 e. The quantitative estimate of drug-likeness (QED) is 0.715. The zero-order valence-electron chi connectivity index (χ0n) is 14.3. The van der Waals surface area contributed by atoms with Crippen molar-refractivity contribution in [3.63, 3.8) is 0 Å². The molecular weight excluding hydrogens is 341 g/mol. The molecule has 26 heavy (non-hydrogen) atoms. The lowest BCUT2D eigenvalue weighted by Gasteiger charge is -2.20. The number of aromatic amines is 1. The molecule has 0 bridgehead atoms. The summed E-state index contributed by atoms with van der Waals surface area (Å²) in [6.07, 6.45) is 1.45. The maximum Gasteiger partial charge on any atom is 0.330 e. The van der Waals surface area contributed by atoms with Crippen molar-refractivity contribution in [3.8, 4) is 11.5 Å². The number of rotatable bonds is 5. The Morgan fingerprint density at radius 3 is 2.65 bits per heavy atom. The van der Waals surface area contributed by atoms with Crippen LogP contribution in [0.25, 0.3) is 11.5 Å². The first kappa shape index (κ1) is 17.5. The topological polar surface area (TPSA) is 110 Å². The standard InChI is InChI=1S/C17H18FN5O3/c1-3-23-14(19)13(15(24)21-17(23)25)22(2)8-12-9-26-16(20-12)10-4-6-11(18)7-5-10/h4-7,9H,3,8,19H2,1-2H3,(H,21,24,25). The average Bonchev–Trinajstić information content (AvgIpc) is 3.03. The molecule has 0 aliphatic rings. The van der Waals surface area contributed by atoms with Crippen LogP contribution in [0.15, 0.2) is 44.5 Å². The molecule has 2 heterocycles. The molecule has 0 spiro atoms. The third kappa shape index (κ3) is 3.23. The van der Waals surface area contributed by atoms with Crippen molar-refractivity contribution >= 4 is 11.5 Å². The number of oxazole rings is 1. The highest BCUT2D eigenvalue weighted by molar-refractivity contribution is 5.62.